The van der Waals surface area contributed by atoms with Crippen LogP contribution >= 0.6 is 0 Å². The summed E-state index contributed by atoms with van der Waals surface area (Å²) in [6, 6.07) is 11.3. The van der Waals surface area contributed by atoms with E-state index >= 15 is 0 Å². The number of nitrogens with zero attached hydrogens (tertiary/aromatic N) is 1. The molecule has 0 fully saturated rings. The first kappa shape index (κ1) is 16.1. The van der Waals surface area contributed by atoms with Gasteiger partial charge in [-0.2, -0.15) is 0 Å². The molecule has 0 amide bonds. The Morgan fingerprint density at radius 3 is 2.18 bits per heavy atom. The lowest BCUT2D eigenvalue weighted by Gasteiger charge is -2.20. The van der Waals surface area contributed by atoms with Crippen molar-refractivity contribution in [1.82, 2.24) is 10.2 Å². The molecule has 1 rings (SSSR count). The van der Waals surface area contributed by atoms with Crippen molar-refractivity contribution in [3.05, 3.63) is 35.9 Å². The van der Waals surface area contributed by atoms with Gasteiger partial charge in [0.05, 0.1) is 0 Å². The molecule has 0 aromatic heterocycles. The molecule has 0 spiro atoms. The first-order valence-electron chi connectivity index (χ1n) is 6.58. The highest BCUT2D eigenvalue weighted by atomic mass is 15.1. The summed E-state index contributed by atoms with van der Waals surface area (Å²) in [6.45, 7) is 5.10. The normalized spacial score (nSPS) is 11.9. The van der Waals surface area contributed by atoms with E-state index in [1.807, 2.05) is 20.9 Å². The second-order valence-electron chi connectivity index (χ2n) is 4.27. The van der Waals surface area contributed by atoms with Gasteiger partial charge in [0.2, 0.25) is 0 Å². The highest BCUT2D eigenvalue weighted by Crippen LogP contribution is 2.05. The van der Waals surface area contributed by atoms with E-state index in [1.165, 1.54) is 12.0 Å². The van der Waals surface area contributed by atoms with Crippen LogP contribution in [-0.4, -0.2) is 38.6 Å². The van der Waals surface area contributed by atoms with Crippen molar-refractivity contribution in [3.8, 4) is 0 Å². The van der Waals surface area contributed by atoms with E-state index in [1.54, 1.807) is 0 Å². The number of nitrogens with one attached hydrogen (secondary N) is 1. The molecule has 0 bridgehead atoms. The molecule has 1 aromatic carbocycles. The van der Waals surface area contributed by atoms with Crippen molar-refractivity contribution in [2.45, 2.75) is 32.7 Å². The maximum Gasteiger partial charge on any atom is 0.0194 e. The summed E-state index contributed by atoms with van der Waals surface area (Å²) < 4.78 is 0. The van der Waals surface area contributed by atoms with Crippen molar-refractivity contribution < 1.29 is 0 Å². The Labute approximate surface area is 107 Å². The van der Waals surface area contributed by atoms with Crippen molar-refractivity contribution in [3.63, 3.8) is 0 Å². The molecule has 0 radical (unpaired) electrons. The van der Waals surface area contributed by atoms with Crippen LogP contribution in [0.1, 0.15) is 25.8 Å². The van der Waals surface area contributed by atoms with Gasteiger partial charge in [-0.25, -0.2) is 0 Å². The van der Waals surface area contributed by atoms with Crippen molar-refractivity contribution >= 4 is 0 Å². The molecule has 98 valence electrons. The minimum absolute atomic E-state index is 0.584. The summed E-state index contributed by atoms with van der Waals surface area (Å²) in [4.78, 5) is 2.23. The van der Waals surface area contributed by atoms with E-state index in [0.29, 0.717) is 6.04 Å². The molecule has 0 heterocycles. The van der Waals surface area contributed by atoms with Crippen LogP contribution in [0.25, 0.3) is 0 Å². The predicted molar refractivity (Wildman–Crippen MR) is 77.5 cm³/mol. The van der Waals surface area contributed by atoms with Crippen molar-refractivity contribution in [2.75, 3.05) is 27.7 Å². The van der Waals surface area contributed by atoms with E-state index in [4.69, 9.17) is 0 Å². The third kappa shape index (κ3) is 7.94. The summed E-state index contributed by atoms with van der Waals surface area (Å²) in [6.07, 6.45) is 2.35. The summed E-state index contributed by atoms with van der Waals surface area (Å²) >= 11 is 0. The summed E-state index contributed by atoms with van der Waals surface area (Å²) in [7, 11) is 6.28. The van der Waals surface area contributed by atoms with Gasteiger partial charge in [0.1, 0.15) is 0 Å². The molecular formula is C15H28N2. The molecule has 0 aliphatic carbocycles. The molecule has 0 aliphatic heterocycles. The van der Waals surface area contributed by atoms with Gasteiger partial charge in [-0.3, -0.25) is 0 Å². The zero-order chi connectivity index (χ0) is 13.1. The fourth-order valence-electron chi connectivity index (χ4n) is 1.75. The quantitative estimate of drug-likeness (QED) is 0.817. The van der Waals surface area contributed by atoms with Crippen LogP contribution < -0.4 is 5.32 Å². The number of benzene rings is 1. The fourth-order valence-corrected chi connectivity index (χ4v) is 1.75. The average molecular weight is 236 g/mol. The number of aryl methyl sites for hydroxylation is 1. The first-order valence-corrected chi connectivity index (χ1v) is 6.58. The van der Waals surface area contributed by atoms with Gasteiger partial charge in [-0.1, -0.05) is 44.2 Å². The zero-order valence-corrected chi connectivity index (χ0v) is 12.0. The van der Waals surface area contributed by atoms with Gasteiger partial charge in [0.15, 0.2) is 0 Å². The number of hydrogen-bond acceptors (Lipinski definition) is 2. The van der Waals surface area contributed by atoms with Gasteiger partial charge in [-0.15, -0.1) is 0 Å². The Bertz CT molecular complexity index is 257. The second kappa shape index (κ2) is 10.3. The van der Waals surface area contributed by atoms with E-state index in [2.05, 4.69) is 54.6 Å². The predicted octanol–water partition coefficient (Wildman–Crippen LogP) is 2.80. The van der Waals surface area contributed by atoms with Crippen LogP contribution in [0.2, 0.25) is 0 Å². The molecule has 1 aromatic rings. The maximum absolute atomic E-state index is 3.36. The van der Waals surface area contributed by atoms with Crippen LogP contribution in [0.15, 0.2) is 30.3 Å². The highest BCUT2D eigenvalue weighted by molar-refractivity contribution is 5.14. The third-order valence-electron chi connectivity index (χ3n) is 2.62. The Morgan fingerprint density at radius 2 is 1.71 bits per heavy atom. The van der Waals surface area contributed by atoms with Crippen LogP contribution in [0.3, 0.4) is 0 Å². The van der Waals surface area contributed by atoms with E-state index in [-0.39, 0.29) is 0 Å². The molecule has 0 aliphatic rings. The summed E-state index contributed by atoms with van der Waals surface area (Å²) in [5, 5.41) is 3.36. The van der Waals surface area contributed by atoms with Crippen molar-refractivity contribution in [1.29, 1.82) is 0 Å². The number of likely N-dealkylation sites (N-methyl/N-ethyl adjacent to an activating group) is 2. The van der Waals surface area contributed by atoms with E-state index in [9.17, 15) is 0 Å². The van der Waals surface area contributed by atoms with Crippen LogP contribution in [0.4, 0.5) is 0 Å². The van der Waals surface area contributed by atoms with E-state index < -0.39 is 0 Å². The standard InChI is InChI=1S/C13H22N2.C2H6/c1-14-13(11-15(2)3)10-9-12-7-5-4-6-8-12;1-2/h4-8,13-14H,9-11H2,1-3H3;1-2H3. The summed E-state index contributed by atoms with van der Waals surface area (Å²) in [5.74, 6) is 0. The monoisotopic (exact) mass is 236 g/mol. The van der Waals surface area contributed by atoms with Crippen molar-refractivity contribution in [2.24, 2.45) is 0 Å². The Morgan fingerprint density at radius 1 is 1.12 bits per heavy atom. The Kier molecular flexibility index (Phi) is 9.78. The van der Waals surface area contributed by atoms with E-state index in [0.717, 1.165) is 13.0 Å². The lowest BCUT2D eigenvalue weighted by atomic mass is 10.1. The van der Waals surface area contributed by atoms with Gasteiger partial charge in [0.25, 0.3) is 0 Å². The molecule has 2 nitrogen and oxygen atoms in total. The molecular weight excluding hydrogens is 208 g/mol. The first-order chi connectivity index (χ1) is 8.22. The van der Waals surface area contributed by atoms with Crippen LogP contribution in [0, 0.1) is 0 Å². The van der Waals surface area contributed by atoms with Gasteiger partial charge in [0, 0.05) is 12.6 Å². The molecule has 0 saturated carbocycles. The minimum Gasteiger partial charge on any atom is -0.316 e. The Hall–Kier alpha value is -0.860. The molecule has 17 heavy (non-hydrogen) atoms. The minimum atomic E-state index is 0.584. The van der Waals surface area contributed by atoms with Gasteiger partial charge >= 0.3 is 0 Å². The molecule has 1 N–H and O–H groups in total. The Balaban J connectivity index is 0.00000121. The van der Waals surface area contributed by atoms with Gasteiger partial charge < -0.3 is 10.2 Å². The average Bonchev–Trinajstić information content (AvgIpc) is 2.37. The molecule has 1 unspecified atom stereocenters. The van der Waals surface area contributed by atoms with Gasteiger partial charge in [-0.05, 0) is 39.5 Å². The highest BCUT2D eigenvalue weighted by Gasteiger charge is 2.06. The lowest BCUT2D eigenvalue weighted by Crippen LogP contribution is -2.36. The number of hydrogen-bond donors (Lipinski definition) is 1. The molecule has 2 heteroatoms. The number of rotatable bonds is 6. The topological polar surface area (TPSA) is 15.3 Å². The van der Waals surface area contributed by atoms with Crippen LogP contribution in [-0.2, 0) is 6.42 Å². The molecule has 1 atom stereocenters. The lowest BCUT2D eigenvalue weighted by molar-refractivity contribution is 0.337. The third-order valence-corrected chi connectivity index (χ3v) is 2.62. The SMILES string of the molecule is CC.CNC(CCc1ccccc1)CN(C)C. The van der Waals surface area contributed by atoms with Crippen LogP contribution in [0.5, 0.6) is 0 Å². The second-order valence-corrected chi connectivity index (χ2v) is 4.27. The smallest absolute Gasteiger partial charge is 0.0194 e. The summed E-state index contributed by atoms with van der Waals surface area (Å²) in [5.41, 5.74) is 1.43. The fraction of sp³-hybridized carbons (Fsp3) is 0.600. The molecule has 0 saturated heterocycles. The maximum atomic E-state index is 3.36. The zero-order valence-electron chi connectivity index (χ0n) is 12.0. The largest absolute Gasteiger partial charge is 0.316 e.